The zero-order chi connectivity index (χ0) is 21.8. The maximum atomic E-state index is 12.4. The molecule has 1 unspecified atom stereocenters. The van der Waals surface area contributed by atoms with Gasteiger partial charge in [-0.1, -0.05) is 12.1 Å². The first-order valence-corrected chi connectivity index (χ1v) is 9.75. The predicted molar refractivity (Wildman–Crippen MR) is 102 cm³/mol. The highest BCUT2D eigenvalue weighted by Gasteiger charge is 2.46. The summed E-state index contributed by atoms with van der Waals surface area (Å²) in [6.07, 6.45) is 1.96. The van der Waals surface area contributed by atoms with Crippen LogP contribution >= 0.6 is 0 Å². The molecule has 2 saturated heterocycles. The van der Waals surface area contributed by atoms with Gasteiger partial charge in [0, 0.05) is 6.42 Å². The highest BCUT2D eigenvalue weighted by molar-refractivity contribution is 6.23. The van der Waals surface area contributed by atoms with Crippen molar-refractivity contribution in [3.63, 3.8) is 0 Å². The van der Waals surface area contributed by atoms with Gasteiger partial charge >= 0.3 is 5.97 Å². The van der Waals surface area contributed by atoms with Gasteiger partial charge in [0.15, 0.2) is 0 Å². The summed E-state index contributed by atoms with van der Waals surface area (Å²) in [6.45, 7) is 0.376. The number of hydrogen-bond donors (Lipinski definition) is 3. The number of amides is 4. The van der Waals surface area contributed by atoms with Crippen molar-refractivity contribution in [2.75, 3.05) is 19.7 Å². The molecule has 0 radical (unpaired) electrons. The Morgan fingerprint density at radius 2 is 1.70 bits per heavy atom. The van der Waals surface area contributed by atoms with E-state index in [0.29, 0.717) is 0 Å². The molecule has 0 spiro atoms. The fraction of sp³-hybridized carbons (Fsp3) is 0.450. The third kappa shape index (κ3) is 4.10. The molecule has 0 bridgehead atoms. The lowest BCUT2D eigenvalue weighted by atomic mass is 10.0. The number of hydrogen-bond acceptors (Lipinski definition) is 7. The number of nitrogens with zero attached hydrogens (tertiary/aromatic N) is 2. The second-order valence-corrected chi connectivity index (χ2v) is 7.17. The van der Waals surface area contributed by atoms with Gasteiger partial charge in [0.2, 0.25) is 5.91 Å². The van der Waals surface area contributed by atoms with Gasteiger partial charge in [-0.05, 0) is 37.9 Å². The maximum absolute atomic E-state index is 12.4. The number of β-amino-alcohol motifs (C(OH)–C–C–N with tert-alkyl or cyclic N) is 1. The third-order valence-electron chi connectivity index (χ3n) is 5.30. The molecule has 2 atom stereocenters. The van der Waals surface area contributed by atoms with Gasteiger partial charge in [0.05, 0.1) is 24.3 Å². The average molecular weight is 417 g/mol. The molecule has 3 aliphatic rings. The number of aliphatic hydroxyl groups excluding tert-OH is 1. The van der Waals surface area contributed by atoms with Crippen molar-refractivity contribution in [2.24, 2.45) is 0 Å². The third-order valence-corrected chi connectivity index (χ3v) is 5.30. The summed E-state index contributed by atoms with van der Waals surface area (Å²) in [4.78, 5) is 60.9. The van der Waals surface area contributed by atoms with Gasteiger partial charge in [-0.3, -0.25) is 33.8 Å². The Kier molecular flexibility index (Phi) is 6.58. The van der Waals surface area contributed by atoms with Crippen molar-refractivity contribution in [1.82, 2.24) is 15.1 Å². The number of rotatable bonds is 4. The normalized spacial score (nSPS) is 23.4. The molecular weight excluding hydrogens is 394 g/mol. The standard InChI is InChI=1S/C15H14N2O5.C5H9NO2/c18-8-7-16-12(19)6-5-11(15(16)22)17-13(20)9-3-1-2-4-10(9)14(17)21;7-5(8)4-2-1-3-6-4/h1-4,11,18H,5-8H2;4,6H,1-3H2,(H,7,8)/t;4-/m.0/s1. The second-order valence-electron chi connectivity index (χ2n) is 7.17. The minimum absolute atomic E-state index is 0.0593. The van der Waals surface area contributed by atoms with E-state index < -0.39 is 35.6 Å². The molecule has 10 nitrogen and oxygen atoms in total. The van der Waals surface area contributed by atoms with Crippen molar-refractivity contribution in [3.05, 3.63) is 35.4 Å². The molecule has 4 amide bonds. The number of carboxylic acids is 1. The number of imide groups is 2. The molecular formula is C20H23N3O7. The first kappa shape index (κ1) is 21.6. The van der Waals surface area contributed by atoms with Gasteiger partial charge in [-0.25, -0.2) is 0 Å². The number of benzene rings is 1. The molecule has 2 fully saturated rings. The van der Waals surface area contributed by atoms with E-state index >= 15 is 0 Å². The van der Waals surface area contributed by atoms with Gasteiger partial charge < -0.3 is 15.5 Å². The first-order chi connectivity index (χ1) is 14.4. The van der Waals surface area contributed by atoms with Crippen LogP contribution in [0.2, 0.25) is 0 Å². The Bertz CT molecular complexity index is 844. The lowest BCUT2D eigenvalue weighted by molar-refractivity contribution is -0.152. The monoisotopic (exact) mass is 417 g/mol. The molecule has 0 aliphatic carbocycles. The minimum Gasteiger partial charge on any atom is -0.480 e. The molecule has 3 N–H and O–H groups in total. The quantitative estimate of drug-likeness (QED) is 0.562. The Labute approximate surface area is 172 Å². The van der Waals surface area contributed by atoms with Crippen LogP contribution in [0.4, 0.5) is 0 Å². The number of piperidine rings is 1. The van der Waals surface area contributed by atoms with Crippen LogP contribution < -0.4 is 5.32 Å². The summed E-state index contributed by atoms with van der Waals surface area (Å²) in [6, 6.07) is 5.13. The SMILES string of the molecule is O=C(O)[C@@H]1CCCN1.O=C1CCC(N2C(=O)c3ccccc3C2=O)C(=O)N1CCO. The van der Waals surface area contributed by atoms with Crippen LogP contribution in [0.1, 0.15) is 46.4 Å². The van der Waals surface area contributed by atoms with Crippen molar-refractivity contribution >= 4 is 29.6 Å². The summed E-state index contributed by atoms with van der Waals surface area (Å²) in [7, 11) is 0. The molecule has 0 aromatic heterocycles. The minimum atomic E-state index is -0.989. The van der Waals surface area contributed by atoms with Gasteiger partial charge in [-0.15, -0.1) is 0 Å². The number of carboxylic acid groups (broad SMARTS) is 1. The lowest BCUT2D eigenvalue weighted by Gasteiger charge is -2.34. The highest BCUT2D eigenvalue weighted by atomic mass is 16.4. The Morgan fingerprint density at radius 3 is 2.17 bits per heavy atom. The van der Waals surface area contributed by atoms with E-state index in [9.17, 15) is 24.0 Å². The zero-order valence-corrected chi connectivity index (χ0v) is 16.2. The highest BCUT2D eigenvalue weighted by Crippen LogP contribution is 2.28. The molecule has 1 aromatic carbocycles. The van der Waals surface area contributed by atoms with E-state index in [1.165, 1.54) is 0 Å². The van der Waals surface area contributed by atoms with Gasteiger partial charge in [0.1, 0.15) is 12.1 Å². The molecule has 3 aliphatic heterocycles. The topological polar surface area (TPSA) is 144 Å². The molecule has 4 rings (SSSR count). The average Bonchev–Trinajstić information content (AvgIpc) is 3.35. The number of carbonyl (C=O) groups excluding carboxylic acids is 4. The summed E-state index contributed by atoms with van der Waals surface area (Å²) in [5.74, 6) is -2.76. The molecule has 30 heavy (non-hydrogen) atoms. The fourth-order valence-corrected chi connectivity index (χ4v) is 3.78. The van der Waals surface area contributed by atoms with E-state index in [1.54, 1.807) is 24.3 Å². The molecule has 160 valence electrons. The summed E-state index contributed by atoms with van der Waals surface area (Å²) < 4.78 is 0. The van der Waals surface area contributed by atoms with Gasteiger partial charge in [0.25, 0.3) is 17.7 Å². The zero-order valence-electron chi connectivity index (χ0n) is 16.2. The van der Waals surface area contributed by atoms with Crippen LogP contribution in [0.25, 0.3) is 0 Å². The molecule has 10 heteroatoms. The maximum Gasteiger partial charge on any atom is 0.320 e. The molecule has 0 saturated carbocycles. The van der Waals surface area contributed by atoms with Crippen LogP contribution in [-0.2, 0) is 14.4 Å². The van der Waals surface area contributed by atoms with Crippen LogP contribution in [0.5, 0.6) is 0 Å². The fourth-order valence-electron chi connectivity index (χ4n) is 3.78. The van der Waals surface area contributed by atoms with E-state index in [-0.39, 0.29) is 43.2 Å². The Morgan fingerprint density at radius 1 is 1.07 bits per heavy atom. The number of aliphatic carboxylic acids is 1. The predicted octanol–water partition coefficient (Wildman–Crippen LogP) is -0.384. The number of nitrogens with one attached hydrogen (secondary N) is 1. The summed E-state index contributed by atoms with van der Waals surface area (Å²) in [5.41, 5.74) is 0.539. The lowest BCUT2D eigenvalue weighted by Crippen LogP contribution is -2.56. The van der Waals surface area contributed by atoms with Crippen molar-refractivity contribution < 1.29 is 34.2 Å². The van der Waals surface area contributed by atoms with E-state index in [1.807, 2.05) is 0 Å². The number of aliphatic hydroxyl groups is 1. The number of likely N-dealkylation sites (tertiary alicyclic amines) is 1. The largest absolute Gasteiger partial charge is 0.480 e. The van der Waals surface area contributed by atoms with E-state index in [0.717, 1.165) is 29.2 Å². The molecule has 3 heterocycles. The van der Waals surface area contributed by atoms with Crippen molar-refractivity contribution in [2.45, 2.75) is 37.8 Å². The van der Waals surface area contributed by atoms with E-state index in [4.69, 9.17) is 10.2 Å². The van der Waals surface area contributed by atoms with Crippen LogP contribution in [0.3, 0.4) is 0 Å². The number of carbonyl (C=O) groups is 5. The summed E-state index contributed by atoms with van der Waals surface area (Å²) >= 11 is 0. The summed E-state index contributed by atoms with van der Waals surface area (Å²) in [5, 5.41) is 20.2. The first-order valence-electron chi connectivity index (χ1n) is 9.75. The van der Waals surface area contributed by atoms with Crippen LogP contribution in [0, 0.1) is 0 Å². The Hall–Kier alpha value is -3.11. The van der Waals surface area contributed by atoms with E-state index in [2.05, 4.69) is 5.32 Å². The van der Waals surface area contributed by atoms with Crippen molar-refractivity contribution in [1.29, 1.82) is 0 Å². The molecule has 1 aromatic rings. The van der Waals surface area contributed by atoms with Crippen molar-refractivity contribution in [3.8, 4) is 0 Å². The Balaban J connectivity index is 0.000000269. The number of fused-ring (bicyclic) bond motifs is 1. The van der Waals surface area contributed by atoms with Crippen LogP contribution in [-0.4, -0.2) is 81.4 Å². The second kappa shape index (κ2) is 9.14. The van der Waals surface area contributed by atoms with Gasteiger partial charge in [-0.2, -0.15) is 0 Å². The van der Waals surface area contributed by atoms with Crippen LogP contribution in [0.15, 0.2) is 24.3 Å². The smallest absolute Gasteiger partial charge is 0.320 e.